The van der Waals surface area contributed by atoms with Crippen LogP contribution in [-0.4, -0.2) is 36.7 Å². The minimum atomic E-state index is -0.156. The number of hydrogen-bond acceptors (Lipinski definition) is 4. The van der Waals surface area contributed by atoms with E-state index in [1.807, 2.05) is 28.6 Å². The maximum Gasteiger partial charge on any atom is 0.252 e. The summed E-state index contributed by atoms with van der Waals surface area (Å²) in [6.07, 6.45) is 1.01. The van der Waals surface area contributed by atoms with E-state index in [4.69, 9.17) is 4.74 Å². The van der Waals surface area contributed by atoms with E-state index < -0.39 is 0 Å². The van der Waals surface area contributed by atoms with Crippen LogP contribution in [0.1, 0.15) is 16.8 Å². The van der Waals surface area contributed by atoms with Gasteiger partial charge in [-0.05, 0) is 23.6 Å². The molecule has 1 unspecified atom stereocenters. The molecule has 3 nitrogen and oxygen atoms in total. The van der Waals surface area contributed by atoms with Gasteiger partial charge in [0.15, 0.2) is 0 Å². The van der Waals surface area contributed by atoms with Crippen LogP contribution in [0.15, 0.2) is 16.8 Å². The Morgan fingerprint density at radius 1 is 1.69 bits per heavy atom. The minimum absolute atomic E-state index is 0.00502. The molecule has 1 aromatic rings. The molecule has 1 N–H and O–H groups in total. The molecular weight excluding hydrogens is 242 g/mol. The van der Waals surface area contributed by atoms with E-state index in [2.05, 4.69) is 5.32 Å². The van der Waals surface area contributed by atoms with Crippen LogP contribution in [0.4, 0.5) is 0 Å². The van der Waals surface area contributed by atoms with E-state index in [0.717, 1.165) is 23.5 Å². The van der Waals surface area contributed by atoms with Crippen LogP contribution < -0.4 is 5.32 Å². The Morgan fingerprint density at radius 3 is 3.12 bits per heavy atom. The van der Waals surface area contributed by atoms with Crippen molar-refractivity contribution in [1.29, 1.82) is 0 Å². The van der Waals surface area contributed by atoms with Gasteiger partial charge in [0, 0.05) is 30.4 Å². The molecule has 0 aromatic carbocycles. The zero-order valence-electron chi connectivity index (χ0n) is 9.19. The van der Waals surface area contributed by atoms with Gasteiger partial charge in [0.1, 0.15) is 0 Å². The third-order valence-electron chi connectivity index (χ3n) is 2.85. The van der Waals surface area contributed by atoms with Crippen LogP contribution in [0.2, 0.25) is 0 Å². The van der Waals surface area contributed by atoms with Gasteiger partial charge in [-0.1, -0.05) is 0 Å². The van der Waals surface area contributed by atoms with Crippen molar-refractivity contribution in [2.45, 2.75) is 12.0 Å². The molecule has 16 heavy (non-hydrogen) atoms. The number of methoxy groups -OCH3 is 1. The average Bonchev–Trinajstić information content (AvgIpc) is 2.98. The van der Waals surface area contributed by atoms with E-state index >= 15 is 0 Å². The van der Waals surface area contributed by atoms with Gasteiger partial charge in [-0.15, -0.1) is 0 Å². The molecule has 0 radical (unpaired) electrons. The number of thiophene rings is 1. The molecule has 1 fully saturated rings. The number of rotatable bonds is 4. The second-order valence-electron chi connectivity index (χ2n) is 3.88. The van der Waals surface area contributed by atoms with Crippen LogP contribution in [0.3, 0.4) is 0 Å². The summed E-state index contributed by atoms with van der Waals surface area (Å²) in [6, 6.07) is 1.84. The van der Waals surface area contributed by atoms with E-state index in [1.165, 1.54) is 11.3 Å². The van der Waals surface area contributed by atoms with Crippen LogP contribution in [0.25, 0.3) is 0 Å². The highest BCUT2D eigenvalue weighted by Crippen LogP contribution is 2.30. The third-order valence-corrected chi connectivity index (χ3v) is 4.76. The predicted molar refractivity (Wildman–Crippen MR) is 68.3 cm³/mol. The topological polar surface area (TPSA) is 38.3 Å². The zero-order valence-corrected chi connectivity index (χ0v) is 10.8. The summed E-state index contributed by atoms with van der Waals surface area (Å²) >= 11 is 3.42. The summed E-state index contributed by atoms with van der Waals surface area (Å²) in [5.74, 6) is 2.07. The Morgan fingerprint density at radius 2 is 2.56 bits per heavy atom. The predicted octanol–water partition coefficient (Wildman–Crippen LogP) is 2.00. The van der Waals surface area contributed by atoms with Gasteiger partial charge in [-0.3, -0.25) is 4.79 Å². The molecule has 5 heteroatoms. The van der Waals surface area contributed by atoms with Crippen molar-refractivity contribution in [3.8, 4) is 0 Å². The monoisotopic (exact) mass is 257 g/mol. The number of ether oxygens (including phenoxy) is 1. The molecule has 2 heterocycles. The summed E-state index contributed by atoms with van der Waals surface area (Å²) in [5, 5.41) is 6.72. The fourth-order valence-electron chi connectivity index (χ4n) is 1.70. The Hall–Kier alpha value is -0.520. The number of carbonyl (C=O) groups is 1. The first kappa shape index (κ1) is 12.0. The van der Waals surface area contributed by atoms with Crippen molar-refractivity contribution in [1.82, 2.24) is 5.32 Å². The second-order valence-corrected chi connectivity index (χ2v) is 5.77. The normalized spacial score (nSPS) is 24.6. The smallest absolute Gasteiger partial charge is 0.252 e. The fourth-order valence-corrected chi connectivity index (χ4v) is 3.73. The van der Waals surface area contributed by atoms with Gasteiger partial charge in [-0.2, -0.15) is 23.1 Å². The molecule has 0 saturated carbocycles. The number of hydrogen-bond donors (Lipinski definition) is 1. The van der Waals surface area contributed by atoms with E-state index in [-0.39, 0.29) is 11.5 Å². The largest absolute Gasteiger partial charge is 0.376 e. The molecule has 1 atom stereocenters. The highest BCUT2D eigenvalue weighted by Gasteiger charge is 2.34. The molecule has 1 aliphatic rings. The molecule has 88 valence electrons. The summed E-state index contributed by atoms with van der Waals surface area (Å²) in [6.45, 7) is 0.602. The van der Waals surface area contributed by atoms with Crippen molar-refractivity contribution in [3.05, 3.63) is 22.4 Å². The fraction of sp³-hybridized carbons (Fsp3) is 0.545. The number of thioether (sulfide) groups is 1. The molecule has 2 rings (SSSR count). The first-order chi connectivity index (χ1) is 7.76. The number of amides is 1. The lowest BCUT2D eigenvalue weighted by Gasteiger charge is -2.26. The molecular formula is C11H15NO2S2. The van der Waals surface area contributed by atoms with Gasteiger partial charge in [0.25, 0.3) is 5.91 Å². The van der Waals surface area contributed by atoms with Crippen molar-refractivity contribution in [3.63, 3.8) is 0 Å². The first-order valence-electron chi connectivity index (χ1n) is 5.19. The molecule has 1 amide bonds. The highest BCUT2D eigenvalue weighted by atomic mass is 32.2. The van der Waals surface area contributed by atoms with Crippen molar-refractivity contribution in [2.75, 3.05) is 25.2 Å². The Labute approximate surface area is 104 Å². The Balaban J connectivity index is 1.89. The van der Waals surface area contributed by atoms with E-state index in [1.54, 1.807) is 7.11 Å². The Bertz CT molecular complexity index is 345. The molecule has 0 spiro atoms. The van der Waals surface area contributed by atoms with E-state index in [9.17, 15) is 4.79 Å². The van der Waals surface area contributed by atoms with Crippen molar-refractivity contribution in [2.24, 2.45) is 0 Å². The molecule has 1 saturated heterocycles. The third kappa shape index (κ3) is 2.59. The standard InChI is InChI=1S/C11H15NO2S2/c1-14-11(3-5-16-8-11)7-12-10(13)9-2-4-15-6-9/h2,4,6H,3,5,7-8H2,1H3,(H,12,13). The highest BCUT2D eigenvalue weighted by molar-refractivity contribution is 7.99. The number of carbonyl (C=O) groups excluding carboxylic acids is 1. The van der Waals surface area contributed by atoms with Crippen LogP contribution in [-0.2, 0) is 4.74 Å². The lowest BCUT2D eigenvalue weighted by atomic mass is 10.0. The summed E-state index contributed by atoms with van der Waals surface area (Å²) < 4.78 is 5.53. The average molecular weight is 257 g/mol. The lowest BCUT2D eigenvalue weighted by molar-refractivity contribution is 0.0137. The van der Waals surface area contributed by atoms with Crippen molar-refractivity contribution < 1.29 is 9.53 Å². The molecule has 0 aliphatic carbocycles. The van der Waals surface area contributed by atoms with Gasteiger partial charge < -0.3 is 10.1 Å². The van der Waals surface area contributed by atoms with Gasteiger partial charge in [0.2, 0.25) is 0 Å². The quantitative estimate of drug-likeness (QED) is 0.896. The lowest BCUT2D eigenvalue weighted by Crippen LogP contribution is -2.44. The van der Waals surface area contributed by atoms with Crippen LogP contribution >= 0.6 is 23.1 Å². The molecule has 1 aromatic heterocycles. The SMILES string of the molecule is COC1(CNC(=O)c2ccsc2)CCSC1. The summed E-state index contributed by atoms with van der Waals surface area (Å²) in [7, 11) is 1.72. The summed E-state index contributed by atoms with van der Waals surface area (Å²) in [5.41, 5.74) is 0.581. The van der Waals surface area contributed by atoms with Crippen molar-refractivity contribution >= 4 is 29.0 Å². The maximum atomic E-state index is 11.8. The first-order valence-corrected chi connectivity index (χ1v) is 7.29. The summed E-state index contributed by atoms with van der Waals surface area (Å²) in [4.78, 5) is 11.8. The zero-order chi connectivity index (χ0) is 11.4. The van der Waals surface area contributed by atoms with Gasteiger partial charge in [-0.25, -0.2) is 0 Å². The van der Waals surface area contributed by atoms with Crippen LogP contribution in [0.5, 0.6) is 0 Å². The minimum Gasteiger partial charge on any atom is -0.376 e. The van der Waals surface area contributed by atoms with E-state index in [0.29, 0.717) is 6.54 Å². The van der Waals surface area contributed by atoms with Crippen LogP contribution in [0, 0.1) is 0 Å². The molecule has 0 bridgehead atoms. The maximum absolute atomic E-state index is 11.8. The van der Waals surface area contributed by atoms with Gasteiger partial charge >= 0.3 is 0 Å². The second kappa shape index (κ2) is 5.21. The molecule has 1 aliphatic heterocycles. The number of nitrogens with one attached hydrogen (secondary N) is 1. The Kier molecular flexibility index (Phi) is 3.89. The van der Waals surface area contributed by atoms with Gasteiger partial charge in [0.05, 0.1) is 5.60 Å².